The number of rotatable bonds is 4. The fourth-order valence-corrected chi connectivity index (χ4v) is 4.31. The number of aromatic nitrogens is 1. The van der Waals surface area contributed by atoms with Gasteiger partial charge < -0.3 is 10.6 Å². The maximum atomic E-state index is 12.9. The number of hydrogen-bond acceptors (Lipinski definition) is 4. The summed E-state index contributed by atoms with van der Waals surface area (Å²) in [5.41, 5.74) is 2.04. The average molecular weight is 391 g/mol. The molecule has 0 radical (unpaired) electrons. The van der Waals surface area contributed by atoms with Crippen molar-refractivity contribution in [3.05, 3.63) is 83.7 Å². The monoisotopic (exact) mass is 391 g/mol. The fourth-order valence-electron chi connectivity index (χ4n) is 3.01. The summed E-state index contributed by atoms with van der Waals surface area (Å²) < 4.78 is 12.9. The molecule has 1 aromatic heterocycles. The molecule has 2 N–H and O–H groups in total. The van der Waals surface area contributed by atoms with Gasteiger partial charge in [0, 0.05) is 30.4 Å². The highest BCUT2D eigenvalue weighted by Crippen LogP contribution is 2.31. The summed E-state index contributed by atoms with van der Waals surface area (Å²) in [6.07, 6.45) is 2.33. The van der Waals surface area contributed by atoms with E-state index in [1.54, 1.807) is 48.7 Å². The lowest BCUT2D eigenvalue weighted by atomic mass is 10.1. The van der Waals surface area contributed by atoms with Gasteiger partial charge in [-0.15, -0.1) is 0 Å². The van der Waals surface area contributed by atoms with Crippen LogP contribution in [0, 0.1) is 0 Å². The molecule has 28 heavy (non-hydrogen) atoms. The molecule has 0 bridgehead atoms. The molecule has 1 unspecified atom stereocenters. The molecule has 0 saturated heterocycles. The molecular weight excluding hydrogens is 374 g/mol. The van der Waals surface area contributed by atoms with Crippen molar-refractivity contribution in [3.63, 3.8) is 0 Å². The number of nitrogens with zero attached hydrogens (tertiary/aromatic N) is 1. The third-order valence-corrected chi connectivity index (χ3v) is 5.92. The number of benzene rings is 2. The molecule has 6 nitrogen and oxygen atoms in total. The Balaban J connectivity index is 1.53. The Morgan fingerprint density at radius 2 is 1.86 bits per heavy atom. The summed E-state index contributed by atoms with van der Waals surface area (Å²) in [4.78, 5) is 30.1. The molecule has 7 heteroatoms. The van der Waals surface area contributed by atoms with Gasteiger partial charge in [0.05, 0.1) is 31.8 Å². The lowest BCUT2D eigenvalue weighted by molar-refractivity contribution is 0.0952. The molecule has 1 atom stereocenters. The number of carbonyl (C=O) groups is 2. The Bertz CT molecular complexity index is 1080. The molecule has 140 valence electrons. The molecule has 2 amide bonds. The van der Waals surface area contributed by atoms with E-state index >= 15 is 0 Å². The van der Waals surface area contributed by atoms with E-state index in [0.29, 0.717) is 39.6 Å². The van der Waals surface area contributed by atoms with Crippen LogP contribution >= 0.6 is 0 Å². The molecule has 1 aliphatic heterocycles. The van der Waals surface area contributed by atoms with Gasteiger partial charge in [0.25, 0.3) is 11.8 Å². The number of fused-ring (bicyclic) bond motifs is 2. The summed E-state index contributed by atoms with van der Waals surface area (Å²) in [6.45, 7) is 0.441. The lowest BCUT2D eigenvalue weighted by Crippen LogP contribution is -2.26. The van der Waals surface area contributed by atoms with Gasteiger partial charge in [-0.1, -0.05) is 18.2 Å². The van der Waals surface area contributed by atoms with E-state index in [0.717, 1.165) is 5.69 Å². The zero-order chi connectivity index (χ0) is 19.5. The molecule has 3 aromatic rings. The third-order valence-electron chi connectivity index (χ3n) is 4.41. The van der Waals surface area contributed by atoms with Crippen molar-refractivity contribution in [2.75, 3.05) is 11.9 Å². The van der Waals surface area contributed by atoms with E-state index in [2.05, 4.69) is 15.6 Å². The van der Waals surface area contributed by atoms with Crippen LogP contribution in [0.25, 0.3) is 0 Å². The highest BCUT2D eigenvalue weighted by Gasteiger charge is 2.25. The Hall–Kier alpha value is -3.32. The molecule has 1 aliphatic rings. The van der Waals surface area contributed by atoms with E-state index in [1.807, 2.05) is 18.2 Å². The Labute approximate surface area is 164 Å². The van der Waals surface area contributed by atoms with Crippen LogP contribution in [-0.4, -0.2) is 27.6 Å². The van der Waals surface area contributed by atoms with E-state index in [1.165, 1.54) is 0 Å². The largest absolute Gasteiger partial charge is 0.352 e. The molecule has 0 spiro atoms. The van der Waals surface area contributed by atoms with Crippen molar-refractivity contribution in [2.45, 2.75) is 16.2 Å². The molecule has 0 aliphatic carbocycles. The SMILES string of the molecule is O=C(NCCc1ccccn1)c1ccc2c(c1)NC(=O)c1ccccc1S2=O. The first-order valence-corrected chi connectivity index (χ1v) is 9.93. The molecule has 2 heterocycles. The number of pyridine rings is 1. The van der Waals surface area contributed by atoms with Crippen LogP contribution in [0.2, 0.25) is 0 Å². The van der Waals surface area contributed by atoms with Gasteiger partial charge in [-0.3, -0.25) is 14.6 Å². The number of amides is 2. The fraction of sp³-hybridized carbons (Fsp3) is 0.0952. The van der Waals surface area contributed by atoms with Crippen LogP contribution < -0.4 is 10.6 Å². The van der Waals surface area contributed by atoms with Crippen molar-refractivity contribution >= 4 is 28.3 Å². The number of anilines is 1. The van der Waals surface area contributed by atoms with Crippen molar-refractivity contribution in [2.24, 2.45) is 0 Å². The highest BCUT2D eigenvalue weighted by molar-refractivity contribution is 7.85. The first-order valence-electron chi connectivity index (χ1n) is 8.78. The molecule has 4 rings (SSSR count). The quantitative estimate of drug-likeness (QED) is 0.716. The average Bonchev–Trinajstić information content (AvgIpc) is 2.83. The van der Waals surface area contributed by atoms with Gasteiger partial charge in [0.15, 0.2) is 0 Å². The van der Waals surface area contributed by atoms with Crippen molar-refractivity contribution in [3.8, 4) is 0 Å². The normalized spacial score (nSPS) is 15.0. The van der Waals surface area contributed by atoms with Crippen molar-refractivity contribution in [1.29, 1.82) is 0 Å². The zero-order valence-corrected chi connectivity index (χ0v) is 15.7. The van der Waals surface area contributed by atoms with Gasteiger partial charge in [-0.05, 0) is 42.5 Å². The second kappa shape index (κ2) is 7.74. The number of hydrogen-bond donors (Lipinski definition) is 2. The van der Waals surface area contributed by atoms with Crippen molar-refractivity contribution in [1.82, 2.24) is 10.3 Å². The first kappa shape index (κ1) is 18.1. The standard InChI is InChI=1S/C21H17N3O3S/c25-20(23-12-10-15-5-3-4-11-22-15)14-8-9-19-17(13-14)24-21(26)16-6-1-2-7-18(16)28(19)27/h1-9,11,13H,10,12H2,(H,23,25)(H,24,26). The van der Waals surface area contributed by atoms with E-state index < -0.39 is 10.8 Å². The van der Waals surface area contributed by atoms with Gasteiger partial charge in [0.1, 0.15) is 0 Å². The minimum absolute atomic E-state index is 0.263. The summed E-state index contributed by atoms with van der Waals surface area (Å²) in [6, 6.07) is 17.2. The maximum Gasteiger partial charge on any atom is 0.256 e. The van der Waals surface area contributed by atoms with Crippen LogP contribution in [0.5, 0.6) is 0 Å². The summed E-state index contributed by atoms with van der Waals surface area (Å²) >= 11 is 0. The van der Waals surface area contributed by atoms with E-state index in [-0.39, 0.29) is 11.8 Å². The first-order chi connectivity index (χ1) is 13.6. The van der Waals surface area contributed by atoms with E-state index in [4.69, 9.17) is 0 Å². The van der Waals surface area contributed by atoms with Gasteiger partial charge in [-0.25, -0.2) is 4.21 Å². The molecule has 0 saturated carbocycles. The molecular formula is C21H17N3O3S. The second-order valence-electron chi connectivity index (χ2n) is 6.26. The minimum Gasteiger partial charge on any atom is -0.352 e. The van der Waals surface area contributed by atoms with Crippen LogP contribution in [0.1, 0.15) is 26.4 Å². The summed E-state index contributed by atoms with van der Waals surface area (Å²) in [7, 11) is -1.50. The Kier molecular flexibility index (Phi) is 4.99. The van der Waals surface area contributed by atoms with Gasteiger partial charge in [-0.2, -0.15) is 0 Å². The Morgan fingerprint density at radius 3 is 2.68 bits per heavy atom. The zero-order valence-electron chi connectivity index (χ0n) is 14.8. The minimum atomic E-state index is -1.50. The van der Waals surface area contributed by atoms with Gasteiger partial charge in [0.2, 0.25) is 0 Å². The van der Waals surface area contributed by atoms with Crippen LogP contribution in [0.4, 0.5) is 5.69 Å². The van der Waals surface area contributed by atoms with Crippen LogP contribution in [0.15, 0.2) is 76.7 Å². The smallest absolute Gasteiger partial charge is 0.256 e. The van der Waals surface area contributed by atoms with Crippen LogP contribution in [-0.2, 0) is 17.2 Å². The lowest BCUT2D eigenvalue weighted by Gasteiger charge is -2.10. The highest BCUT2D eigenvalue weighted by atomic mass is 32.2. The Morgan fingerprint density at radius 1 is 1.04 bits per heavy atom. The second-order valence-corrected chi connectivity index (χ2v) is 7.67. The molecule has 0 fully saturated rings. The predicted molar refractivity (Wildman–Crippen MR) is 106 cm³/mol. The van der Waals surface area contributed by atoms with Crippen LogP contribution in [0.3, 0.4) is 0 Å². The molecule has 2 aromatic carbocycles. The van der Waals surface area contributed by atoms with E-state index in [9.17, 15) is 13.8 Å². The number of carbonyl (C=O) groups excluding carboxylic acids is 2. The number of nitrogens with one attached hydrogen (secondary N) is 2. The van der Waals surface area contributed by atoms with Gasteiger partial charge >= 0.3 is 0 Å². The predicted octanol–water partition coefficient (Wildman–Crippen LogP) is 2.79. The summed E-state index contributed by atoms with van der Waals surface area (Å²) in [5, 5.41) is 5.61. The topological polar surface area (TPSA) is 88.2 Å². The maximum absolute atomic E-state index is 12.9. The third kappa shape index (κ3) is 3.57. The summed E-state index contributed by atoms with van der Waals surface area (Å²) in [5.74, 6) is -0.601. The van der Waals surface area contributed by atoms with Crippen molar-refractivity contribution < 1.29 is 13.8 Å².